The van der Waals surface area contributed by atoms with Crippen molar-refractivity contribution in [2.45, 2.75) is 25.3 Å². The van der Waals surface area contributed by atoms with E-state index >= 15 is 0 Å². The number of hydrogen-bond donors (Lipinski definition) is 1. The van der Waals surface area contributed by atoms with Gasteiger partial charge in [0.2, 0.25) is 5.91 Å². The van der Waals surface area contributed by atoms with Gasteiger partial charge in [-0.2, -0.15) is 0 Å². The first-order valence-corrected chi connectivity index (χ1v) is 6.49. The molecule has 0 saturated carbocycles. The highest BCUT2D eigenvalue weighted by molar-refractivity contribution is 6.04. The Hall–Kier alpha value is -2.12. The number of carboxylic acids is 1. The normalized spacial score (nSPS) is 23.4. The lowest BCUT2D eigenvalue weighted by atomic mass is 10.0. The van der Waals surface area contributed by atoms with Gasteiger partial charge in [-0.25, -0.2) is 9.59 Å². The first-order chi connectivity index (χ1) is 9.41. The summed E-state index contributed by atoms with van der Waals surface area (Å²) in [7, 11) is 1.48. The fourth-order valence-electron chi connectivity index (χ4n) is 2.54. The van der Waals surface area contributed by atoms with Crippen LogP contribution in [0, 0.1) is 0 Å². The highest BCUT2D eigenvalue weighted by Gasteiger charge is 2.38. The summed E-state index contributed by atoms with van der Waals surface area (Å²) in [5.41, 5.74) is 0. The van der Waals surface area contributed by atoms with Gasteiger partial charge >= 0.3 is 12.0 Å². The van der Waals surface area contributed by atoms with Gasteiger partial charge in [-0.05, 0) is 19.3 Å². The van der Waals surface area contributed by atoms with Gasteiger partial charge in [-0.3, -0.25) is 14.5 Å². The summed E-state index contributed by atoms with van der Waals surface area (Å²) in [6.07, 6.45) is 1.89. The number of imide groups is 1. The fraction of sp³-hybridized carbons (Fsp3) is 0.667. The first-order valence-electron chi connectivity index (χ1n) is 6.49. The zero-order valence-electron chi connectivity index (χ0n) is 11.2. The lowest BCUT2D eigenvalue weighted by Crippen LogP contribution is -2.52. The SMILES string of the molecule is CN1CC(=O)N(CC(=O)N2CCCC[C@H]2C(=O)O)C1=O. The third kappa shape index (κ3) is 2.59. The number of carbonyl (C=O) groups is 4. The smallest absolute Gasteiger partial charge is 0.327 e. The molecule has 2 saturated heterocycles. The molecule has 0 unspecified atom stereocenters. The van der Waals surface area contributed by atoms with Crippen molar-refractivity contribution in [2.24, 2.45) is 0 Å². The number of nitrogens with zero attached hydrogens (tertiary/aromatic N) is 3. The average Bonchev–Trinajstić information content (AvgIpc) is 2.65. The van der Waals surface area contributed by atoms with E-state index in [9.17, 15) is 19.2 Å². The second-order valence-corrected chi connectivity index (χ2v) is 5.06. The van der Waals surface area contributed by atoms with Crippen molar-refractivity contribution >= 4 is 23.8 Å². The van der Waals surface area contributed by atoms with Crippen LogP contribution in [-0.2, 0) is 14.4 Å². The number of carboxylic acid groups (broad SMARTS) is 1. The average molecular weight is 283 g/mol. The van der Waals surface area contributed by atoms with Crippen molar-refractivity contribution in [1.82, 2.24) is 14.7 Å². The van der Waals surface area contributed by atoms with Gasteiger partial charge in [-0.1, -0.05) is 0 Å². The molecule has 0 aliphatic carbocycles. The Bertz CT molecular complexity index is 464. The van der Waals surface area contributed by atoms with Gasteiger partial charge in [-0.15, -0.1) is 0 Å². The predicted molar refractivity (Wildman–Crippen MR) is 66.7 cm³/mol. The Morgan fingerprint density at radius 1 is 1.30 bits per heavy atom. The van der Waals surface area contributed by atoms with Gasteiger partial charge in [0.25, 0.3) is 5.91 Å². The maximum atomic E-state index is 12.2. The molecule has 0 spiro atoms. The molecule has 0 bridgehead atoms. The van der Waals surface area contributed by atoms with Crippen LogP contribution in [0.15, 0.2) is 0 Å². The minimum Gasteiger partial charge on any atom is -0.480 e. The molecule has 2 aliphatic rings. The Morgan fingerprint density at radius 2 is 2.00 bits per heavy atom. The number of urea groups is 1. The molecular formula is C12H17N3O5. The van der Waals surface area contributed by atoms with E-state index in [1.165, 1.54) is 16.8 Å². The van der Waals surface area contributed by atoms with Crippen LogP contribution < -0.4 is 0 Å². The molecule has 0 aromatic rings. The van der Waals surface area contributed by atoms with Crippen molar-refractivity contribution < 1.29 is 24.3 Å². The van der Waals surface area contributed by atoms with Crippen LogP contribution >= 0.6 is 0 Å². The summed E-state index contributed by atoms with van der Waals surface area (Å²) in [6, 6.07) is -1.38. The van der Waals surface area contributed by atoms with E-state index in [0.717, 1.165) is 17.7 Å². The first kappa shape index (κ1) is 14.3. The van der Waals surface area contributed by atoms with Crippen LogP contribution in [0.4, 0.5) is 4.79 Å². The van der Waals surface area contributed by atoms with E-state index in [4.69, 9.17) is 5.11 Å². The third-order valence-corrected chi connectivity index (χ3v) is 3.63. The minimum atomic E-state index is -1.05. The second-order valence-electron chi connectivity index (χ2n) is 5.06. The van der Waals surface area contributed by atoms with E-state index in [2.05, 4.69) is 0 Å². The summed E-state index contributed by atoms with van der Waals surface area (Å²) in [5.74, 6) is -1.97. The summed E-state index contributed by atoms with van der Waals surface area (Å²) in [5, 5.41) is 9.11. The number of likely N-dealkylation sites (N-methyl/N-ethyl adjacent to an activating group) is 1. The zero-order valence-corrected chi connectivity index (χ0v) is 11.2. The molecule has 0 aromatic carbocycles. The van der Waals surface area contributed by atoms with Crippen LogP contribution in [0.1, 0.15) is 19.3 Å². The largest absolute Gasteiger partial charge is 0.480 e. The maximum absolute atomic E-state index is 12.2. The van der Waals surface area contributed by atoms with E-state index in [1.54, 1.807) is 0 Å². The lowest BCUT2D eigenvalue weighted by Gasteiger charge is -2.33. The van der Waals surface area contributed by atoms with Gasteiger partial charge in [0, 0.05) is 13.6 Å². The van der Waals surface area contributed by atoms with Crippen molar-refractivity contribution in [3.63, 3.8) is 0 Å². The van der Waals surface area contributed by atoms with Gasteiger partial charge in [0.15, 0.2) is 0 Å². The minimum absolute atomic E-state index is 0.0472. The molecule has 2 rings (SSSR count). The molecule has 1 atom stereocenters. The van der Waals surface area contributed by atoms with E-state index in [1.807, 2.05) is 0 Å². The Kier molecular flexibility index (Phi) is 3.91. The van der Waals surface area contributed by atoms with Crippen molar-refractivity contribution in [1.29, 1.82) is 0 Å². The lowest BCUT2D eigenvalue weighted by molar-refractivity contribution is -0.152. The summed E-state index contributed by atoms with van der Waals surface area (Å²) in [4.78, 5) is 49.9. The monoisotopic (exact) mass is 283 g/mol. The Morgan fingerprint density at radius 3 is 2.55 bits per heavy atom. The summed E-state index contributed by atoms with van der Waals surface area (Å²) >= 11 is 0. The highest BCUT2D eigenvalue weighted by atomic mass is 16.4. The van der Waals surface area contributed by atoms with E-state index < -0.39 is 29.9 Å². The van der Waals surface area contributed by atoms with Gasteiger partial charge < -0.3 is 14.9 Å². The van der Waals surface area contributed by atoms with Crippen LogP contribution in [0.25, 0.3) is 0 Å². The predicted octanol–water partition coefficient (Wildman–Crippen LogP) is -0.654. The number of aliphatic carboxylic acids is 1. The fourth-order valence-corrected chi connectivity index (χ4v) is 2.54. The zero-order chi connectivity index (χ0) is 14.9. The Labute approximate surface area is 115 Å². The molecule has 20 heavy (non-hydrogen) atoms. The van der Waals surface area contributed by atoms with Crippen LogP contribution in [0.3, 0.4) is 0 Å². The molecular weight excluding hydrogens is 266 g/mol. The molecule has 0 aromatic heterocycles. The molecule has 110 valence electrons. The van der Waals surface area contributed by atoms with Crippen molar-refractivity contribution in [3.8, 4) is 0 Å². The van der Waals surface area contributed by atoms with E-state index in [-0.39, 0.29) is 13.1 Å². The molecule has 2 fully saturated rings. The highest BCUT2D eigenvalue weighted by Crippen LogP contribution is 2.18. The van der Waals surface area contributed by atoms with Crippen LogP contribution in [0.5, 0.6) is 0 Å². The standard InChI is InChI=1S/C12H17N3O5/c1-13-6-9(16)15(12(13)20)7-10(17)14-5-3-2-4-8(14)11(18)19/h8H,2-7H2,1H3,(H,18,19)/t8-/m0/s1. The van der Waals surface area contributed by atoms with Crippen molar-refractivity contribution in [2.75, 3.05) is 26.7 Å². The number of carbonyl (C=O) groups excluding carboxylic acids is 3. The molecule has 2 heterocycles. The number of likely N-dealkylation sites (tertiary alicyclic amines) is 1. The third-order valence-electron chi connectivity index (χ3n) is 3.63. The quantitative estimate of drug-likeness (QED) is 0.694. The molecule has 0 radical (unpaired) electrons. The molecule has 4 amide bonds. The van der Waals surface area contributed by atoms with Crippen molar-refractivity contribution in [3.05, 3.63) is 0 Å². The van der Waals surface area contributed by atoms with Gasteiger partial charge in [0.05, 0.1) is 0 Å². The molecule has 1 N–H and O–H groups in total. The topological polar surface area (TPSA) is 98.2 Å². The number of hydrogen-bond acceptors (Lipinski definition) is 4. The van der Waals surface area contributed by atoms with E-state index in [0.29, 0.717) is 13.0 Å². The Balaban J connectivity index is 2.05. The number of rotatable bonds is 3. The summed E-state index contributed by atoms with van der Waals surface area (Å²) in [6.45, 7) is -0.0812. The van der Waals surface area contributed by atoms with Crippen LogP contribution in [0.2, 0.25) is 0 Å². The number of piperidine rings is 1. The molecule has 8 heteroatoms. The molecule has 8 nitrogen and oxygen atoms in total. The molecule has 2 aliphatic heterocycles. The van der Waals surface area contributed by atoms with Gasteiger partial charge in [0.1, 0.15) is 19.1 Å². The maximum Gasteiger partial charge on any atom is 0.327 e. The van der Waals surface area contributed by atoms with Crippen LogP contribution in [-0.4, -0.2) is 76.3 Å². The number of amides is 4. The second kappa shape index (κ2) is 5.48. The summed E-state index contributed by atoms with van der Waals surface area (Å²) < 4.78 is 0.